The van der Waals surface area contributed by atoms with E-state index in [0.717, 1.165) is 78.1 Å². The second kappa shape index (κ2) is 15.3. The summed E-state index contributed by atoms with van der Waals surface area (Å²) in [6.45, 7) is 0. The molecule has 10 aromatic carbocycles. The molecule has 0 radical (unpaired) electrons. The molecule has 0 unspecified atom stereocenters. The van der Waals surface area contributed by atoms with Crippen LogP contribution in [0.2, 0.25) is 0 Å². The van der Waals surface area contributed by atoms with Crippen molar-refractivity contribution in [3.63, 3.8) is 0 Å². The van der Waals surface area contributed by atoms with E-state index in [2.05, 4.69) is 240 Å². The first-order valence-corrected chi connectivity index (χ1v) is 21.5. The van der Waals surface area contributed by atoms with Gasteiger partial charge in [0.15, 0.2) is 0 Å². The molecule has 296 valence electrons. The van der Waals surface area contributed by atoms with Gasteiger partial charge in [0.2, 0.25) is 0 Å². The molecule has 0 saturated heterocycles. The fraction of sp³-hybridized carbons (Fsp3) is 0. The lowest BCUT2D eigenvalue weighted by atomic mass is 9.87. The number of benzene rings is 10. The minimum atomic E-state index is 0.848. The van der Waals surface area contributed by atoms with Crippen molar-refractivity contribution < 1.29 is 4.42 Å². The van der Waals surface area contributed by atoms with Gasteiger partial charge in [-0.3, -0.25) is 0 Å². The topological polar surface area (TPSA) is 21.3 Å². The zero-order valence-electron chi connectivity index (χ0n) is 34.4. The van der Waals surface area contributed by atoms with Gasteiger partial charge in [0.05, 0.1) is 22.4 Å². The average molecular weight is 805 g/mol. The van der Waals surface area contributed by atoms with Crippen LogP contribution in [0.5, 0.6) is 0 Å². The van der Waals surface area contributed by atoms with Crippen LogP contribution in [0.25, 0.3) is 93.9 Å². The van der Waals surface area contributed by atoms with Gasteiger partial charge in [-0.1, -0.05) is 182 Å². The van der Waals surface area contributed by atoms with Crippen molar-refractivity contribution in [2.24, 2.45) is 0 Å². The number of hydrogen-bond acceptors (Lipinski definition) is 2. The van der Waals surface area contributed by atoms with Gasteiger partial charge in [-0.25, -0.2) is 0 Å². The number of fused-ring (bicyclic) bond motifs is 6. The summed E-state index contributed by atoms with van der Waals surface area (Å²) in [4.78, 5) is 2.40. The molecule has 0 spiro atoms. The maximum Gasteiger partial charge on any atom is 0.137 e. The smallest absolute Gasteiger partial charge is 0.137 e. The van der Waals surface area contributed by atoms with Crippen molar-refractivity contribution in [1.29, 1.82) is 0 Å². The zero-order chi connectivity index (χ0) is 41.7. The fourth-order valence-electron chi connectivity index (χ4n) is 9.60. The van der Waals surface area contributed by atoms with Crippen molar-refractivity contribution in [2.75, 3.05) is 4.90 Å². The Labute approximate surface area is 366 Å². The van der Waals surface area contributed by atoms with E-state index >= 15 is 0 Å². The number of anilines is 3. The molecule has 3 heteroatoms. The van der Waals surface area contributed by atoms with Gasteiger partial charge < -0.3 is 13.9 Å². The highest BCUT2D eigenvalue weighted by atomic mass is 16.3. The summed E-state index contributed by atoms with van der Waals surface area (Å²) >= 11 is 0. The number of hydrogen-bond donors (Lipinski definition) is 0. The second-order valence-electron chi connectivity index (χ2n) is 16.0. The van der Waals surface area contributed by atoms with Crippen LogP contribution in [0.3, 0.4) is 0 Å². The minimum Gasteiger partial charge on any atom is -0.456 e. The van der Waals surface area contributed by atoms with Gasteiger partial charge in [0, 0.05) is 50.1 Å². The lowest BCUT2D eigenvalue weighted by Gasteiger charge is -2.30. The summed E-state index contributed by atoms with van der Waals surface area (Å²) in [5.41, 5.74) is 17.6. The summed E-state index contributed by atoms with van der Waals surface area (Å²) in [6, 6.07) is 87.1. The Morgan fingerprint density at radius 3 is 1.54 bits per heavy atom. The molecule has 0 amide bonds. The van der Waals surface area contributed by atoms with Crippen molar-refractivity contribution in [2.45, 2.75) is 0 Å². The van der Waals surface area contributed by atoms with Crippen molar-refractivity contribution in [1.82, 2.24) is 4.57 Å². The Balaban J connectivity index is 1.08. The van der Waals surface area contributed by atoms with Crippen LogP contribution < -0.4 is 4.90 Å². The second-order valence-corrected chi connectivity index (χ2v) is 16.0. The standard InChI is InChI=1S/C60H40N2O/c1-3-18-41(19-4-1)46-22-7-8-27-53(46)60-48(42-20-5-2-6-21-42)28-17-32-57(60)61(45-38-39-52-51-26-12-16-33-58(51)63-59(52)40-45)44-36-34-43(35-37-44)47-23-9-13-29-54(47)62-55-30-14-10-24-49(55)50-25-11-15-31-56(50)62/h1-40H. The lowest BCUT2D eigenvalue weighted by Crippen LogP contribution is -2.12. The van der Waals surface area contributed by atoms with Crippen molar-refractivity contribution in [3.05, 3.63) is 243 Å². The molecule has 0 N–H and O–H groups in total. The molecule has 3 nitrogen and oxygen atoms in total. The molecule has 0 aliphatic carbocycles. The number of para-hydroxylation sites is 4. The molecule has 0 bridgehead atoms. The van der Waals surface area contributed by atoms with Crippen LogP contribution in [-0.2, 0) is 0 Å². The van der Waals surface area contributed by atoms with Crippen molar-refractivity contribution >= 4 is 60.8 Å². The Bertz CT molecular complexity index is 3570. The third-order valence-corrected chi connectivity index (χ3v) is 12.4. The van der Waals surface area contributed by atoms with Gasteiger partial charge in [-0.05, 0) is 88.0 Å². The van der Waals surface area contributed by atoms with Gasteiger partial charge in [0.25, 0.3) is 0 Å². The van der Waals surface area contributed by atoms with Gasteiger partial charge in [-0.15, -0.1) is 0 Å². The van der Waals surface area contributed by atoms with E-state index in [1.54, 1.807) is 0 Å². The molecule has 2 aromatic heterocycles. The molecule has 0 atom stereocenters. The van der Waals surface area contributed by atoms with Gasteiger partial charge in [0.1, 0.15) is 11.2 Å². The van der Waals surface area contributed by atoms with Crippen LogP contribution in [0, 0.1) is 0 Å². The predicted molar refractivity (Wildman–Crippen MR) is 264 cm³/mol. The first kappa shape index (κ1) is 36.5. The van der Waals surface area contributed by atoms with E-state index in [9.17, 15) is 0 Å². The Kier molecular flexibility index (Phi) is 8.83. The lowest BCUT2D eigenvalue weighted by molar-refractivity contribution is 0.669. The molecular formula is C60H40N2O. The fourth-order valence-corrected chi connectivity index (χ4v) is 9.60. The highest BCUT2D eigenvalue weighted by Crippen LogP contribution is 2.49. The largest absolute Gasteiger partial charge is 0.456 e. The van der Waals surface area contributed by atoms with Crippen LogP contribution in [0.4, 0.5) is 17.1 Å². The van der Waals surface area contributed by atoms with Crippen molar-refractivity contribution in [3.8, 4) is 50.2 Å². The summed E-state index contributed by atoms with van der Waals surface area (Å²) < 4.78 is 8.97. The van der Waals surface area contributed by atoms with Crippen LogP contribution >= 0.6 is 0 Å². The number of furan rings is 1. The third kappa shape index (κ3) is 6.21. The number of aromatic nitrogens is 1. The molecule has 12 aromatic rings. The van der Waals surface area contributed by atoms with E-state index < -0.39 is 0 Å². The molecule has 2 heterocycles. The third-order valence-electron chi connectivity index (χ3n) is 12.4. The predicted octanol–water partition coefficient (Wildman–Crippen LogP) is 16.8. The monoisotopic (exact) mass is 804 g/mol. The molecule has 0 fully saturated rings. The SMILES string of the molecule is c1ccc(-c2ccccc2-c2c(-c3ccccc3)cccc2N(c2ccc(-c3ccccc3-n3c4ccccc4c4ccccc43)cc2)c2ccc3c(c2)oc2ccccc23)cc1. The Morgan fingerprint density at radius 1 is 0.317 bits per heavy atom. The van der Waals surface area contributed by atoms with E-state index in [0.29, 0.717) is 0 Å². The summed E-state index contributed by atoms with van der Waals surface area (Å²) in [5, 5.41) is 4.70. The average Bonchev–Trinajstić information content (AvgIpc) is 3.90. The summed E-state index contributed by atoms with van der Waals surface area (Å²) in [7, 11) is 0. The maximum atomic E-state index is 6.56. The summed E-state index contributed by atoms with van der Waals surface area (Å²) in [5.74, 6) is 0. The quantitative estimate of drug-likeness (QED) is 0.153. The van der Waals surface area contributed by atoms with Crippen LogP contribution in [0.15, 0.2) is 247 Å². The molecule has 0 aliphatic heterocycles. The molecular weight excluding hydrogens is 765 g/mol. The Morgan fingerprint density at radius 2 is 0.825 bits per heavy atom. The van der Waals surface area contributed by atoms with E-state index in [4.69, 9.17) is 4.42 Å². The van der Waals surface area contributed by atoms with Gasteiger partial charge >= 0.3 is 0 Å². The maximum absolute atomic E-state index is 6.56. The number of nitrogens with zero attached hydrogens (tertiary/aromatic N) is 2. The highest BCUT2D eigenvalue weighted by molar-refractivity contribution is 6.10. The molecule has 0 aliphatic rings. The Hall–Kier alpha value is -8.40. The first-order valence-electron chi connectivity index (χ1n) is 21.5. The van der Waals surface area contributed by atoms with E-state index in [-0.39, 0.29) is 0 Å². The zero-order valence-corrected chi connectivity index (χ0v) is 34.4. The normalized spacial score (nSPS) is 11.5. The molecule has 63 heavy (non-hydrogen) atoms. The molecule has 12 rings (SSSR count). The highest BCUT2D eigenvalue weighted by Gasteiger charge is 2.24. The van der Waals surface area contributed by atoms with E-state index in [1.807, 2.05) is 12.1 Å². The van der Waals surface area contributed by atoms with Crippen LogP contribution in [0.1, 0.15) is 0 Å². The molecule has 0 saturated carbocycles. The minimum absolute atomic E-state index is 0.848. The van der Waals surface area contributed by atoms with Gasteiger partial charge in [-0.2, -0.15) is 0 Å². The summed E-state index contributed by atoms with van der Waals surface area (Å²) in [6.07, 6.45) is 0. The van der Waals surface area contributed by atoms with E-state index in [1.165, 1.54) is 32.9 Å². The number of rotatable bonds is 8. The first-order chi connectivity index (χ1) is 31.3. The van der Waals surface area contributed by atoms with Crippen LogP contribution in [-0.4, -0.2) is 4.57 Å².